The van der Waals surface area contributed by atoms with Crippen LogP contribution in [-0.4, -0.2) is 6.29 Å². The summed E-state index contributed by atoms with van der Waals surface area (Å²) in [6.45, 7) is 2.38. The molecule has 0 bridgehead atoms. The standard InChI is InChI=1S/C19H24O/c1-19-11-10-16-15-5-3-2-4-13(15)6-8-17(16)18(19)9-7-14(19)12-20/h3-6,8,12,14-18H,2,7,9-11H2,1H3/t14?,15-,16+,17+,18-,19+/m0/s1. The molecule has 0 aliphatic heterocycles. The van der Waals surface area contributed by atoms with Gasteiger partial charge >= 0.3 is 0 Å². The lowest BCUT2D eigenvalue weighted by Crippen LogP contribution is -2.44. The van der Waals surface area contributed by atoms with E-state index in [2.05, 4.69) is 37.3 Å². The maximum atomic E-state index is 11.4. The van der Waals surface area contributed by atoms with Crippen molar-refractivity contribution >= 4 is 6.29 Å². The van der Waals surface area contributed by atoms with Gasteiger partial charge in [0.15, 0.2) is 0 Å². The molecule has 0 aromatic carbocycles. The molecule has 0 amide bonds. The van der Waals surface area contributed by atoms with E-state index < -0.39 is 0 Å². The molecule has 1 nitrogen and oxygen atoms in total. The van der Waals surface area contributed by atoms with Crippen molar-refractivity contribution < 1.29 is 4.79 Å². The predicted octanol–water partition coefficient (Wildman–Crippen LogP) is 4.32. The molecule has 4 rings (SSSR count). The molecule has 0 spiro atoms. The molecular formula is C19H24O. The van der Waals surface area contributed by atoms with Crippen LogP contribution in [0.2, 0.25) is 0 Å². The van der Waals surface area contributed by atoms with Gasteiger partial charge in [-0.2, -0.15) is 0 Å². The zero-order chi connectivity index (χ0) is 13.7. The normalized spacial score (nSPS) is 49.0. The van der Waals surface area contributed by atoms with E-state index in [0.717, 1.165) is 24.7 Å². The van der Waals surface area contributed by atoms with Gasteiger partial charge in [0, 0.05) is 11.8 Å². The number of fused-ring (bicyclic) bond motifs is 5. The van der Waals surface area contributed by atoms with Crippen LogP contribution in [0.5, 0.6) is 0 Å². The molecule has 4 aliphatic rings. The first-order chi connectivity index (χ1) is 9.74. The summed E-state index contributed by atoms with van der Waals surface area (Å²) in [6, 6.07) is 0. The quantitative estimate of drug-likeness (QED) is 0.511. The third-order valence-electron chi connectivity index (χ3n) is 6.81. The number of aldehydes is 1. The molecule has 6 atom stereocenters. The van der Waals surface area contributed by atoms with E-state index in [-0.39, 0.29) is 5.41 Å². The summed E-state index contributed by atoms with van der Waals surface area (Å²) in [5, 5.41) is 0. The van der Waals surface area contributed by atoms with E-state index in [9.17, 15) is 4.79 Å². The molecule has 2 fully saturated rings. The first-order valence-electron chi connectivity index (χ1n) is 8.24. The maximum absolute atomic E-state index is 11.4. The van der Waals surface area contributed by atoms with Gasteiger partial charge < -0.3 is 4.79 Å². The van der Waals surface area contributed by atoms with Crippen LogP contribution in [0.4, 0.5) is 0 Å². The van der Waals surface area contributed by atoms with Gasteiger partial charge in [-0.3, -0.25) is 0 Å². The molecule has 0 aromatic heterocycles. The monoisotopic (exact) mass is 268 g/mol. The van der Waals surface area contributed by atoms with Gasteiger partial charge in [0.25, 0.3) is 0 Å². The minimum Gasteiger partial charge on any atom is -0.303 e. The van der Waals surface area contributed by atoms with Gasteiger partial charge in [-0.05, 0) is 60.8 Å². The van der Waals surface area contributed by atoms with Gasteiger partial charge in [0.05, 0.1) is 0 Å². The minimum atomic E-state index is 0.271. The summed E-state index contributed by atoms with van der Waals surface area (Å²) in [7, 11) is 0. The first-order valence-corrected chi connectivity index (χ1v) is 8.24. The first kappa shape index (κ1) is 12.6. The van der Waals surface area contributed by atoms with Gasteiger partial charge in [0.1, 0.15) is 6.29 Å². The van der Waals surface area contributed by atoms with Crippen LogP contribution in [-0.2, 0) is 4.79 Å². The Kier molecular flexibility index (Phi) is 2.80. The van der Waals surface area contributed by atoms with E-state index in [1.807, 2.05) is 0 Å². The van der Waals surface area contributed by atoms with Crippen LogP contribution < -0.4 is 0 Å². The lowest BCUT2D eigenvalue weighted by Gasteiger charge is -2.50. The molecule has 1 unspecified atom stereocenters. The summed E-state index contributed by atoms with van der Waals surface area (Å²) < 4.78 is 0. The van der Waals surface area contributed by atoms with Gasteiger partial charge in [-0.15, -0.1) is 0 Å². The van der Waals surface area contributed by atoms with Crippen molar-refractivity contribution in [3.8, 4) is 0 Å². The van der Waals surface area contributed by atoms with Crippen molar-refractivity contribution in [2.45, 2.75) is 39.0 Å². The average molecular weight is 268 g/mol. The lowest BCUT2D eigenvalue weighted by atomic mass is 9.54. The molecule has 106 valence electrons. The number of hydrogen-bond acceptors (Lipinski definition) is 1. The van der Waals surface area contributed by atoms with E-state index in [1.54, 1.807) is 5.57 Å². The Morgan fingerprint density at radius 1 is 1.25 bits per heavy atom. The SMILES string of the molecule is C[C@]12CC[C@H]3[C@@H](C=CC4=CCC=C[C@@H]43)[C@@H]1CCC2C=O. The van der Waals surface area contributed by atoms with Crippen molar-refractivity contribution in [2.75, 3.05) is 0 Å². The van der Waals surface area contributed by atoms with Crippen molar-refractivity contribution in [2.24, 2.45) is 35.0 Å². The summed E-state index contributed by atoms with van der Waals surface area (Å²) in [4.78, 5) is 11.4. The molecule has 4 aliphatic carbocycles. The number of carbonyl (C=O) groups excluding carboxylic acids is 1. The molecular weight excluding hydrogens is 244 g/mol. The second-order valence-corrected chi connectivity index (χ2v) is 7.46. The van der Waals surface area contributed by atoms with Crippen LogP contribution in [0.25, 0.3) is 0 Å². The molecule has 0 heterocycles. The topological polar surface area (TPSA) is 17.1 Å². The fraction of sp³-hybridized carbons (Fsp3) is 0.632. The Hall–Kier alpha value is -1.11. The zero-order valence-corrected chi connectivity index (χ0v) is 12.3. The van der Waals surface area contributed by atoms with E-state index in [0.29, 0.717) is 17.8 Å². The number of allylic oxidation sites excluding steroid dienone is 6. The molecule has 2 saturated carbocycles. The lowest BCUT2D eigenvalue weighted by molar-refractivity contribution is -0.115. The van der Waals surface area contributed by atoms with Crippen molar-refractivity contribution in [1.29, 1.82) is 0 Å². The minimum absolute atomic E-state index is 0.271. The molecule has 0 saturated heterocycles. The molecule has 0 aromatic rings. The number of carbonyl (C=O) groups is 1. The Labute approximate surface area is 121 Å². The van der Waals surface area contributed by atoms with E-state index >= 15 is 0 Å². The predicted molar refractivity (Wildman–Crippen MR) is 81.1 cm³/mol. The highest BCUT2D eigenvalue weighted by molar-refractivity contribution is 5.56. The van der Waals surface area contributed by atoms with Crippen LogP contribution in [0, 0.1) is 35.0 Å². The maximum Gasteiger partial charge on any atom is 0.123 e. The van der Waals surface area contributed by atoms with Crippen LogP contribution >= 0.6 is 0 Å². The van der Waals surface area contributed by atoms with Gasteiger partial charge in [0.2, 0.25) is 0 Å². The second-order valence-electron chi connectivity index (χ2n) is 7.46. The summed E-state index contributed by atoms with van der Waals surface area (Å²) in [5.41, 5.74) is 1.81. The number of hydrogen-bond donors (Lipinski definition) is 0. The highest BCUT2D eigenvalue weighted by atomic mass is 16.1. The van der Waals surface area contributed by atoms with E-state index in [1.165, 1.54) is 25.5 Å². The van der Waals surface area contributed by atoms with Crippen LogP contribution in [0.1, 0.15) is 39.0 Å². The van der Waals surface area contributed by atoms with Crippen LogP contribution in [0.3, 0.4) is 0 Å². The second kappa shape index (κ2) is 4.44. The number of rotatable bonds is 1. The van der Waals surface area contributed by atoms with Gasteiger partial charge in [-0.25, -0.2) is 0 Å². The van der Waals surface area contributed by atoms with E-state index in [4.69, 9.17) is 0 Å². The van der Waals surface area contributed by atoms with Crippen molar-refractivity contribution in [1.82, 2.24) is 0 Å². The third kappa shape index (κ3) is 1.58. The highest BCUT2D eigenvalue weighted by Crippen LogP contribution is 2.61. The average Bonchev–Trinajstić information content (AvgIpc) is 2.83. The third-order valence-corrected chi connectivity index (χ3v) is 6.81. The summed E-state index contributed by atoms with van der Waals surface area (Å²) in [5.74, 6) is 3.17. The highest BCUT2D eigenvalue weighted by Gasteiger charge is 2.54. The Bertz CT molecular complexity index is 512. The Morgan fingerprint density at radius 3 is 3.00 bits per heavy atom. The largest absolute Gasteiger partial charge is 0.303 e. The van der Waals surface area contributed by atoms with Crippen LogP contribution in [0.15, 0.2) is 36.0 Å². The molecule has 0 radical (unpaired) electrons. The van der Waals surface area contributed by atoms with Crippen molar-refractivity contribution in [3.05, 3.63) is 36.0 Å². The Balaban J connectivity index is 1.70. The molecule has 20 heavy (non-hydrogen) atoms. The fourth-order valence-electron chi connectivity index (χ4n) is 5.65. The zero-order valence-electron chi connectivity index (χ0n) is 12.3. The van der Waals surface area contributed by atoms with Gasteiger partial charge in [-0.1, -0.05) is 37.3 Å². The van der Waals surface area contributed by atoms with Crippen molar-refractivity contribution in [3.63, 3.8) is 0 Å². The fourth-order valence-corrected chi connectivity index (χ4v) is 5.65. The summed E-state index contributed by atoms with van der Waals surface area (Å²) in [6.07, 6.45) is 19.3. The summed E-state index contributed by atoms with van der Waals surface area (Å²) >= 11 is 0. The smallest absolute Gasteiger partial charge is 0.123 e. The molecule has 0 N–H and O–H groups in total. The Morgan fingerprint density at radius 2 is 2.15 bits per heavy atom. The molecule has 1 heteroatoms.